The third kappa shape index (κ3) is 4.45. The Bertz CT molecular complexity index is 2000. The molecule has 2 aromatic carbocycles. The van der Waals surface area contributed by atoms with E-state index < -0.39 is 45.7 Å². The smallest absolute Gasteiger partial charge is 0.322 e. The first-order chi connectivity index (χ1) is 25.4. The summed E-state index contributed by atoms with van der Waals surface area (Å²) in [5.41, 5.74) is -1.17. The minimum Gasteiger partial charge on any atom is -0.496 e. The molecule has 8 atom stereocenters. The van der Waals surface area contributed by atoms with Crippen LogP contribution >= 0.6 is 0 Å². The van der Waals surface area contributed by atoms with Crippen LogP contribution in [0.3, 0.4) is 0 Å². The van der Waals surface area contributed by atoms with Crippen LogP contribution in [0.15, 0.2) is 48.6 Å². The van der Waals surface area contributed by atoms with E-state index in [-0.39, 0.29) is 6.04 Å². The fraction of sp³-hybridized carbons (Fsp3) is 0.571. The Labute approximate surface area is 311 Å². The molecular formula is C42H54N4O7. The van der Waals surface area contributed by atoms with Crippen molar-refractivity contribution in [2.75, 3.05) is 52.8 Å². The normalized spacial score (nSPS) is 36.8. The maximum absolute atomic E-state index is 15.0. The van der Waals surface area contributed by atoms with E-state index in [0.29, 0.717) is 75.6 Å². The maximum atomic E-state index is 15.0. The summed E-state index contributed by atoms with van der Waals surface area (Å²) in [5, 5.41) is 37.6. The third-order valence-electron chi connectivity index (χ3n) is 14.5. The van der Waals surface area contributed by atoms with E-state index in [1.54, 1.807) is 7.11 Å². The molecule has 11 nitrogen and oxygen atoms in total. The minimum atomic E-state index is -2.08. The summed E-state index contributed by atoms with van der Waals surface area (Å²) < 4.78 is 12.1. The summed E-state index contributed by atoms with van der Waals surface area (Å²) in [6.07, 6.45) is 6.89. The fourth-order valence-electron chi connectivity index (χ4n) is 12.0. The van der Waals surface area contributed by atoms with E-state index in [9.17, 15) is 24.9 Å². The number of anilines is 1. The van der Waals surface area contributed by atoms with Gasteiger partial charge in [-0.25, -0.2) is 0 Å². The molecule has 0 radical (unpaired) electrons. The number of methoxy groups -OCH3 is 2. The molecule has 4 aliphatic heterocycles. The lowest BCUT2D eigenvalue weighted by atomic mass is 9.48. The number of hydrogen-bond donors (Lipinski definition) is 4. The highest BCUT2D eigenvalue weighted by Gasteiger charge is 2.77. The molecule has 4 N–H and O–H groups in total. The topological polar surface area (TPSA) is 139 Å². The van der Waals surface area contributed by atoms with Crippen LogP contribution < -0.4 is 9.64 Å². The fourth-order valence-corrected chi connectivity index (χ4v) is 12.0. The second-order valence-corrected chi connectivity index (χ2v) is 16.3. The first-order valence-electron chi connectivity index (χ1n) is 19.2. The first-order valence-corrected chi connectivity index (χ1v) is 19.2. The van der Waals surface area contributed by atoms with Gasteiger partial charge in [-0.05, 0) is 81.8 Å². The van der Waals surface area contributed by atoms with Gasteiger partial charge in [0.15, 0.2) is 11.9 Å². The highest BCUT2D eigenvalue weighted by Crippen LogP contribution is 2.67. The van der Waals surface area contributed by atoms with Gasteiger partial charge >= 0.3 is 5.97 Å². The van der Waals surface area contributed by atoms with Gasteiger partial charge in [0, 0.05) is 70.9 Å². The number of esters is 1. The zero-order valence-corrected chi connectivity index (χ0v) is 31.8. The number of fused-ring (bicyclic) bond motifs is 4. The summed E-state index contributed by atoms with van der Waals surface area (Å²) in [6, 6.07) is 11.2. The lowest BCUT2D eigenvalue weighted by molar-refractivity contribution is -0.193. The molecule has 0 amide bonds. The zero-order chi connectivity index (χ0) is 37.7. The van der Waals surface area contributed by atoms with Crippen LogP contribution in [-0.4, -0.2) is 120 Å². The van der Waals surface area contributed by atoms with E-state index in [1.165, 1.54) is 7.11 Å². The van der Waals surface area contributed by atoms with Gasteiger partial charge < -0.3 is 34.7 Å². The van der Waals surface area contributed by atoms with Crippen molar-refractivity contribution in [2.24, 2.45) is 5.41 Å². The van der Waals surface area contributed by atoms with E-state index in [1.807, 2.05) is 68.1 Å². The standard InChI is InChI=1S/C42H54N4O7/c1-7-38-16-12-20-46-22-19-41(34(38)46)28-23-29(32(52-5)24-31(28)45(4)35(41)42(51,25-47)36(38)48)40(37(49)53-6)18-11-17-39(50,8-2)44(3)21-15-27-26-13-9-10-14-30(26)43-33(27)40/h9-10,12-14,16,23-25,34-36,43,48,50-51H,7-8,11,15,17-22H2,1-6H3/t34-,35+,36+,38+,39-,40-,41+,42-/m0/s1. The van der Waals surface area contributed by atoms with Crippen LogP contribution in [0, 0.1) is 5.41 Å². The van der Waals surface area contributed by atoms with Gasteiger partial charge in [-0.1, -0.05) is 44.2 Å². The van der Waals surface area contributed by atoms with E-state index in [4.69, 9.17) is 9.47 Å². The molecule has 284 valence electrons. The van der Waals surface area contributed by atoms with Crippen LogP contribution in [0.4, 0.5) is 5.69 Å². The number of benzene rings is 2. The van der Waals surface area contributed by atoms with Crippen molar-refractivity contribution in [3.63, 3.8) is 0 Å². The van der Waals surface area contributed by atoms with Crippen molar-refractivity contribution in [1.82, 2.24) is 14.8 Å². The molecule has 3 aromatic rings. The van der Waals surface area contributed by atoms with Crippen molar-refractivity contribution < 1.29 is 34.4 Å². The van der Waals surface area contributed by atoms with E-state index in [0.717, 1.165) is 40.0 Å². The molecule has 0 bridgehead atoms. The van der Waals surface area contributed by atoms with Crippen LogP contribution in [0.1, 0.15) is 74.8 Å². The molecule has 5 aliphatic rings. The molecule has 53 heavy (non-hydrogen) atoms. The number of aldehydes is 1. The van der Waals surface area contributed by atoms with Crippen molar-refractivity contribution in [3.8, 4) is 5.75 Å². The Kier molecular flexibility index (Phi) is 8.48. The number of ether oxygens (including phenoxy) is 2. The number of likely N-dealkylation sites (N-methyl/N-ethyl adjacent to an activating group) is 2. The molecule has 1 spiro atoms. The quantitative estimate of drug-likeness (QED) is 0.169. The van der Waals surface area contributed by atoms with Gasteiger partial charge in [-0.3, -0.25) is 19.4 Å². The molecule has 1 saturated heterocycles. The SMILES string of the molecule is CC[C@]12C=CCN3CC[C@@]4(c5cc([C@@]6(C(=O)OC)CCC[C@@](O)(CC)N(C)CCc7c6[nH]c6ccccc76)c(OC)cc5N(C)[C@H]4[C@@](O)(C=O)[C@@H]1O)[C@@H]32. The average molecular weight is 727 g/mol. The van der Waals surface area contributed by atoms with E-state index >= 15 is 0 Å². The summed E-state index contributed by atoms with van der Waals surface area (Å²) in [4.78, 5) is 38.3. The van der Waals surface area contributed by atoms with Gasteiger partial charge in [-0.15, -0.1) is 0 Å². The number of H-pyrrole nitrogens is 1. The number of carbonyl (C=O) groups is 2. The highest BCUT2D eigenvalue weighted by molar-refractivity contribution is 5.94. The molecule has 1 aromatic heterocycles. The average Bonchev–Trinajstić information content (AvgIpc) is 3.83. The number of aromatic amines is 1. The molecule has 2 fully saturated rings. The number of aromatic nitrogens is 1. The number of aliphatic hydroxyl groups excluding tert-OH is 1. The second kappa shape index (κ2) is 12.4. The van der Waals surface area contributed by atoms with E-state index in [2.05, 4.69) is 28.1 Å². The van der Waals surface area contributed by atoms with Crippen molar-refractivity contribution >= 4 is 28.8 Å². The lowest BCUT2D eigenvalue weighted by Crippen LogP contribution is -2.79. The third-order valence-corrected chi connectivity index (χ3v) is 14.5. The predicted octanol–water partition coefficient (Wildman–Crippen LogP) is 3.79. The molecular weight excluding hydrogens is 672 g/mol. The number of nitrogens with zero attached hydrogens (tertiary/aromatic N) is 3. The molecule has 1 saturated carbocycles. The minimum absolute atomic E-state index is 0.216. The Balaban J connectivity index is 1.45. The number of hydrogen-bond acceptors (Lipinski definition) is 10. The lowest BCUT2D eigenvalue weighted by Gasteiger charge is -2.62. The molecule has 1 aliphatic carbocycles. The number of aliphatic hydroxyl groups is 3. The molecule has 8 rings (SSSR count). The molecule has 0 unspecified atom stereocenters. The zero-order valence-electron chi connectivity index (χ0n) is 31.8. The van der Waals surface area contributed by atoms with Crippen LogP contribution in [0.25, 0.3) is 10.9 Å². The van der Waals surface area contributed by atoms with Gasteiger partial charge in [0.05, 0.1) is 20.3 Å². The summed E-state index contributed by atoms with van der Waals surface area (Å²) in [7, 11) is 6.88. The van der Waals surface area contributed by atoms with Crippen molar-refractivity contribution in [3.05, 3.63) is 70.9 Å². The largest absolute Gasteiger partial charge is 0.496 e. The number of nitrogens with one attached hydrogen (secondary N) is 1. The van der Waals surface area contributed by atoms with Crippen LogP contribution in [0.2, 0.25) is 0 Å². The highest BCUT2D eigenvalue weighted by atomic mass is 16.5. The van der Waals surface area contributed by atoms with Crippen molar-refractivity contribution in [1.29, 1.82) is 0 Å². The Hall–Kier alpha value is -3.74. The summed E-state index contributed by atoms with van der Waals surface area (Å²) in [6.45, 7) is 6.01. The Morgan fingerprint density at radius 2 is 1.79 bits per heavy atom. The number of carbonyl (C=O) groups excluding carboxylic acids is 2. The van der Waals surface area contributed by atoms with Gasteiger partial charge in [0.2, 0.25) is 0 Å². The second-order valence-electron chi connectivity index (χ2n) is 16.3. The maximum Gasteiger partial charge on any atom is 0.322 e. The van der Waals surface area contributed by atoms with Crippen molar-refractivity contribution in [2.45, 2.75) is 99.1 Å². The molecule has 11 heteroatoms. The summed E-state index contributed by atoms with van der Waals surface area (Å²) in [5.74, 6) is 0.0499. The van der Waals surface area contributed by atoms with Gasteiger partial charge in [0.25, 0.3) is 0 Å². The number of para-hydroxylation sites is 1. The summed E-state index contributed by atoms with van der Waals surface area (Å²) >= 11 is 0. The van der Waals surface area contributed by atoms with Gasteiger partial charge in [-0.2, -0.15) is 0 Å². The molecule has 5 heterocycles. The van der Waals surface area contributed by atoms with Gasteiger partial charge in [0.1, 0.15) is 23.0 Å². The first kappa shape index (κ1) is 36.2. The predicted molar refractivity (Wildman–Crippen MR) is 202 cm³/mol. The Morgan fingerprint density at radius 3 is 2.49 bits per heavy atom. The monoisotopic (exact) mass is 726 g/mol. The van der Waals surface area contributed by atoms with Crippen LogP contribution in [0.5, 0.6) is 5.75 Å². The number of rotatable bonds is 6. The Morgan fingerprint density at radius 1 is 1.02 bits per heavy atom. The van der Waals surface area contributed by atoms with Crippen LogP contribution in [-0.2, 0) is 31.6 Å².